The number of ether oxygens (including phenoxy) is 1. The number of rotatable bonds is 6. The summed E-state index contributed by atoms with van der Waals surface area (Å²) in [4.78, 5) is 12.5. The fourth-order valence-corrected chi connectivity index (χ4v) is 3.83. The molecule has 1 aliphatic rings. The van der Waals surface area contributed by atoms with Crippen molar-refractivity contribution >= 4 is 17.7 Å². The molecule has 1 N–H and O–H groups in total. The summed E-state index contributed by atoms with van der Waals surface area (Å²) < 4.78 is 11.0. The molecule has 140 valence electrons. The summed E-state index contributed by atoms with van der Waals surface area (Å²) in [5, 5.41) is 11.4. The molecule has 0 aliphatic heterocycles. The number of thioether (sulfide) groups is 1. The molecule has 1 aromatic heterocycles. The summed E-state index contributed by atoms with van der Waals surface area (Å²) in [5.41, 5.74) is 0.741. The Bertz CT molecular complexity index is 726. The van der Waals surface area contributed by atoms with Crippen molar-refractivity contribution in [1.29, 1.82) is 0 Å². The maximum atomic E-state index is 12.5. The third kappa shape index (κ3) is 4.78. The van der Waals surface area contributed by atoms with Crippen LogP contribution in [0.5, 0.6) is 5.75 Å². The molecule has 1 heterocycles. The molecule has 0 unspecified atom stereocenters. The van der Waals surface area contributed by atoms with Gasteiger partial charge in [-0.15, -0.1) is 10.2 Å². The predicted molar refractivity (Wildman–Crippen MR) is 101 cm³/mol. The standard InChI is InChI=1S/C19H25N3O3S/c1-13(17(23)20-14-9-5-3-4-6-10-14)26-19-22-21-18(25-19)15-11-7-8-12-16(15)24-2/h7-8,11-14H,3-6,9-10H2,1-2H3,(H,20,23)/t13-/m1/s1. The van der Waals surface area contributed by atoms with Gasteiger partial charge in [-0.25, -0.2) is 0 Å². The highest BCUT2D eigenvalue weighted by molar-refractivity contribution is 8.00. The SMILES string of the molecule is COc1ccccc1-c1nnc(S[C@H](C)C(=O)NC2CCCCCC2)o1. The number of methoxy groups -OCH3 is 1. The fourth-order valence-electron chi connectivity index (χ4n) is 3.13. The summed E-state index contributed by atoms with van der Waals surface area (Å²) in [6.07, 6.45) is 7.06. The quantitative estimate of drug-likeness (QED) is 0.606. The van der Waals surface area contributed by atoms with E-state index in [1.165, 1.54) is 37.4 Å². The number of nitrogens with zero attached hydrogens (tertiary/aromatic N) is 2. The van der Waals surface area contributed by atoms with Gasteiger partial charge in [0.25, 0.3) is 11.1 Å². The lowest BCUT2D eigenvalue weighted by Gasteiger charge is -2.18. The molecule has 0 saturated heterocycles. The summed E-state index contributed by atoms with van der Waals surface area (Å²) in [7, 11) is 1.60. The van der Waals surface area contributed by atoms with E-state index in [-0.39, 0.29) is 11.2 Å². The highest BCUT2D eigenvalue weighted by Crippen LogP contribution is 2.31. The Morgan fingerprint density at radius 3 is 2.69 bits per heavy atom. The first-order valence-electron chi connectivity index (χ1n) is 9.11. The Hall–Kier alpha value is -2.02. The minimum absolute atomic E-state index is 0.0268. The zero-order chi connectivity index (χ0) is 18.4. The molecule has 1 atom stereocenters. The van der Waals surface area contributed by atoms with Crippen LogP contribution in [0, 0.1) is 0 Å². The fraction of sp³-hybridized carbons (Fsp3) is 0.526. The number of nitrogens with one attached hydrogen (secondary N) is 1. The third-order valence-electron chi connectivity index (χ3n) is 4.59. The molecule has 3 rings (SSSR count). The molecule has 1 aromatic carbocycles. The topological polar surface area (TPSA) is 77.2 Å². The molecule has 7 heteroatoms. The molecule has 0 radical (unpaired) electrons. The van der Waals surface area contributed by atoms with Crippen molar-refractivity contribution in [2.45, 2.75) is 62.0 Å². The summed E-state index contributed by atoms with van der Waals surface area (Å²) >= 11 is 1.28. The monoisotopic (exact) mass is 375 g/mol. The second kappa shape index (κ2) is 9.07. The van der Waals surface area contributed by atoms with E-state index >= 15 is 0 Å². The average molecular weight is 375 g/mol. The van der Waals surface area contributed by atoms with Gasteiger partial charge in [0.05, 0.1) is 17.9 Å². The van der Waals surface area contributed by atoms with Gasteiger partial charge in [0.1, 0.15) is 5.75 Å². The molecule has 0 bridgehead atoms. The Kier molecular flexibility index (Phi) is 6.55. The van der Waals surface area contributed by atoms with Gasteiger partial charge in [0, 0.05) is 6.04 Å². The van der Waals surface area contributed by atoms with Crippen LogP contribution >= 0.6 is 11.8 Å². The zero-order valence-corrected chi connectivity index (χ0v) is 16.1. The molecule has 26 heavy (non-hydrogen) atoms. The Balaban J connectivity index is 1.60. The van der Waals surface area contributed by atoms with Crippen LogP contribution < -0.4 is 10.1 Å². The van der Waals surface area contributed by atoms with Gasteiger partial charge in [-0.2, -0.15) is 0 Å². The first-order valence-corrected chi connectivity index (χ1v) is 9.99. The smallest absolute Gasteiger partial charge is 0.277 e. The normalized spacial score (nSPS) is 16.7. The summed E-state index contributed by atoms with van der Waals surface area (Å²) in [5.74, 6) is 1.09. The first-order chi connectivity index (χ1) is 12.7. The Labute approximate surface area is 158 Å². The maximum absolute atomic E-state index is 12.5. The van der Waals surface area contributed by atoms with Gasteiger partial charge >= 0.3 is 0 Å². The van der Waals surface area contributed by atoms with E-state index in [4.69, 9.17) is 9.15 Å². The van der Waals surface area contributed by atoms with Crippen molar-refractivity contribution in [1.82, 2.24) is 15.5 Å². The van der Waals surface area contributed by atoms with Crippen LogP contribution in [-0.2, 0) is 4.79 Å². The molecule has 1 amide bonds. The van der Waals surface area contributed by atoms with Crippen LogP contribution in [-0.4, -0.2) is 34.5 Å². The molecule has 6 nitrogen and oxygen atoms in total. The average Bonchev–Trinajstić information content (AvgIpc) is 2.96. The third-order valence-corrected chi connectivity index (χ3v) is 5.53. The van der Waals surface area contributed by atoms with Crippen LogP contribution in [0.25, 0.3) is 11.5 Å². The second-order valence-electron chi connectivity index (χ2n) is 6.53. The molecule has 0 spiro atoms. The van der Waals surface area contributed by atoms with Crippen LogP contribution in [0.4, 0.5) is 0 Å². The van der Waals surface area contributed by atoms with E-state index in [9.17, 15) is 4.79 Å². The minimum atomic E-state index is -0.288. The number of carbonyl (C=O) groups is 1. The predicted octanol–water partition coefficient (Wildman–Crippen LogP) is 4.06. The molecule has 1 saturated carbocycles. The highest BCUT2D eigenvalue weighted by Gasteiger charge is 2.22. The van der Waals surface area contributed by atoms with Crippen molar-refractivity contribution < 1.29 is 13.9 Å². The largest absolute Gasteiger partial charge is 0.496 e. The lowest BCUT2D eigenvalue weighted by atomic mass is 10.1. The van der Waals surface area contributed by atoms with Crippen LogP contribution in [0.1, 0.15) is 45.4 Å². The zero-order valence-electron chi connectivity index (χ0n) is 15.2. The molecule has 2 aromatic rings. The summed E-state index contributed by atoms with van der Waals surface area (Å²) in [6.45, 7) is 1.86. The number of hydrogen-bond donors (Lipinski definition) is 1. The van der Waals surface area contributed by atoms with Gasteiger partial charge in [0.2, 0.25) is 5.91 Å². The molecule has 1 aliphatic carbocycles. The van der Waals surface area contributed by atoms with Crippen LogP contribution in [0.2, 0.25) is 0 Å². The Morgan fingerprint density at radius 1 is 1.23 bits per heavy atom. The molecular formula is C19H25N3O3S. The van der Waals surface area contributed by atoms with E-state index in [0.29, 0.717) is 22.9 Å². The van der Waals surface area contributed by atoms with E-state index in [2.05, 4.69) is 15.5 Å². The van der Waals surface area contributed by atoms with Crippen molar-refractivity contribution in [3.05, 3.63) is 24.3 Å². The summed E-state index contributed by atoms with van der Waals surface area (Å²) in [6, 6.07) is 7.77. The van der Waals surface area contributed by atoms with Gasteiger partial charge in [-0.05, 0) is 31.9 Å². The van der Waals surface area contributed by atoms with E-state index in [0.717, 1.165) is 18.4 Å². The van der Waals surface area contributed by atoms with Crippen molar-refractivity contribution in [3.8, 4) is 17.2 Å². The number of benzene rings is 1. The molecule has 1 fully saturated rings. The number of amides is 1. The van der Waals surface area contributed by atoms with Gasteiger partial charge in [-0.3, -0.25) is 4.79 Å². The van der Waals surface area contributed by atoms with Crippen LogP contribution in [0.15, 0.2) is 33.9 Å². The van der Waals surface area contributed by atoms with E-state index < -0.39 is 0 Å². The van der Waals surface area contributed by atoms with Crippen molar-refractivity contribution in [2.24, 2.45) is 0 Å². The second-order valence-corrected chi connectivity index (χ2v) is 7.82. The number of aromatic nitrogens is 2. The number of hydrogen-bond acceptors (Lipinski definition) is 6. The lowest BCUT2D eigenvalue weighted by Crippen LogP contribution is -2.39. The van der Waals surface area contributed by atoms with Gasteiger partial charge < -0.3 is 14.5 Å². The highest BCUT2D eigenvalue weighted by atomic mass is 32.2. The van der Waals surface area contributed by atoms with Crippen LogP contribution in [0.3, 0.4) is 0 Å². The van der Waals surface area contributed by atoms with Gasteiger partial charge in [0.15, 0.2) is 0 Å². The minimum Gasteiger partial charge on any atom is -0.496 e. The van der Waals surface area contributed by atoms with Crippen molar-refractivity contribution in [3.63, 3.8) is 0 Å². The maximum Gasteiger partial charge on any atom is 0.277 e. The Morgan fingerprint density at radius 2 is 1.96 bits per heavy atom. The lowest BCUT2D eigenvalue weighted by molar-refractivity contribution is -0.121. The first kappa shape index (κ1) is 18.8. The molecular weight excluding hydrogens is 350 g/mol. The van der Waals surface area contributed by atoms with E-state index in [1.54, 1.807) is 7.11 Å². The number of para-hydroxylation sites is 1. The van der Waals surface area contributed by atoms with E-state index in [1.807, 2.05) is 31.2 Å². The van der Waals surface area contributed by atoms with Crippen molar-refractivity contribution in [2.75, 3.05) is 7.11 Å². The number of carbonyl (C=O) groups excluding carboxylic acids is 1. The van der Waals surface area contributed by atoms with Gasteiger partial charge in [-0.1, -0.05) is 49.6 Å².